The minimum Gasteiger partial charge on any atom is -0.213 e. The first kappa shape index (κ1) is 14.2. The van der Waals surface area contributed by atoms with E-state index < -0.39 is 10.0 Å². The molecule has 0 saturated carbocycles. The second kappa shape index (κ2) is 6.77. The molecule has 0 atom stereocenters. The van der Waals surface area contributed by atoms with Crippen molar-refractivity contribution in [1.29, 1.82) is 0 Å². The molecule has 1 heterocycles. The van der Waals surface area contributed by atoms with Crippen molar-refractivity contribution in [2.24, 2.45) is 5.92 Å². The highest BCUT2D eigenvalue weighted by atomic mass is 32.2. The van der Waals surface area contributed by atoms with E-state index in [2.05, 4.69) is 12.7 Å². The van der Waals surface area contributed by atoms with Crippen LogP contribution in [0.15, 0.2) is 37.0 Å². The number of rotatable bonds is 5. The average Bonchev–Trinajstić information content (AvgIpc) is 2.28. The molecule has 1 aliphatic heterocycles. The molecular weight excluding hydrogens is 234 g/mol. The topological polar surface area (TPSA) is 37.4 Å². The van der Waals surface area contributed by atoms with Gasteiger partial charge in [0.25, 0.3) is 0 Å². The summed E-state index contributed by atoms with van der Waals surface area (Å²) in [4.78, 5) is 0. The van der Waals surface area contributed by atoms with E-state index in [0.717, 1.165) is 19.3 Å². The highest BCUT2D eigenvalue weighted by Crippen LogP contribution is 2.22. The van der Waals surface area contributed by atoms with Crippen LogP contribution in [0, 0.1) is 5.92 Å². The predicted octanol–water partition coefficient (Wildman–Crippen LogP) is 2.35. The maximum atomic E-state index is 11.3. The highest BCUT2D eigenvalue weighted by molar-refractivity contribution is 7.88. The number of sulfonamides is 1. The molecule has 1 saturated heterocycles. The molecule has 96 valence electrons. The van der Waals surface area contributed by atoms with Gasteiger partial charge in [0, 0.05) is 13.1 Å². The summed E-state index contributed by atoms with van der Waals surface area (Å²) in [5.74, 6) is 0.612. The lowest BCUT2D eigenvalue weighted by Crippen LogP contribution is -2.37. The molecule has 0 aromatic heterocycles. The third-order valence-corrected chi connectivity index (χ3v) is 4.31. The van der Waals surface area contributed by atoms with E-state index in [4.69, 9.17) is 0 Å². The van der Waals surface area contributed by atoms with Crippen LogP contribution in [0.2, 0.25) is 0 Å². The summed E-state index contributed by atoms with van der Waals surface area (Å²) in [7, 11) is -2.99. The normalized spacial score (nSPS) is 20.3. The molecule has 0 aromatic carbocycles. The SMILES string of the molecule is C=C/C=C\C=C\CC1CCN(S(C)(=O)=O)CC1. The Bertz CT molecular complexity index is 388. The molecule has 1 rings (SSSR count). The predicted molar refractivity (Wildman–Crippen MR) is 72.2 cm³/mol. The van der Waals surface area contributed by atoms with Crippen LogP contribution in [0.25, 0.3) is 0 Å². The van der Waals surface area contributed by atoms with Crippen molar-refractivity contribution >= 4 is 10.0 Å². The number of hydrogen-bond acceptors (Lipinski definition) is 2. The van der Waals surface area contributed by atoms with E-state index in [0.29, 0.717) is 19.0 Å². The quantitative estimate of drug-likeness (QED) is 0.707. The van der Waals surface area contributed by atoms with Gasteiger partial charge in [0.05, 0.1) is 6.26 Å². The Morgan fingerprint density at radius 3 is 2.41 bits per heavy atom. The van der Waals surface area contributed by atoms with Crippen molar-refractivity contribution in [1.82, 2.24) is 4.31 Å². The smallest absolute Gasteiger partial charge is 0.211 e. The maximum absolute atomic E-state index is 11.3. The number of allylic oxidation sites excluding steroid dienone is 5. The van der Waals surface area contributed by atoms with E-state index in [-0.39, 0.29) is 0 Å². The molecule has 1 aliphatic rings. The fourth-order valence-electron chi connectivity index (χ4n) is 1.97. The minimum absolute atomic E-state index is 0.612. The number of hydrogen-bond donors (Lipinski definition) is 0. The van der Waals surface area contributed by atoms with Gasteiger partial charge in [-0.05, 0) is 25.2 Å². The van der Waals surface area contributed by atoms with Crippen molar-refractivity contribution < 1.29 is 8.42 Å². The van der Waals surface area contributed by atoms with Gasteiger partial charge >= 0.3 is 0 Å². The molecule has 0 spiro atoms. The van der Waals surface area contributed by atoms with E-state index in [1.807, 2.05) is 18.2 Å². The molecule has 4 heteroatoms. The molecule has 0 N–H and O–H groups in total. The maximum Gasteiger partial charge on any atom is 0.211 e. The van der Waals surface area contributed by atoms with Crippen LogP contribution in [-0.2, 0) is 10.0 Å². The first-order valence-electron chi connectivity index (χ1n) is 5.93. The van der Waals surface area contributed by atoms with Crippen LogP contribution in [0.1, 0.15) is 19.3 Å². The zero-order valence-corrected chi connectivity index (χ0v) is 11.2. The van der Waals surface area contributed by atoms with E-state index in [1.165, 1.54) is 6.26 Å². The molecule has 0 aliphatic carbocycles. The molecule has 3 nitrogen and oxygen atoms in total. The Hall–Kier alpha value is -0.870. The lowest BCUT2D eigenvalue weighted by Gasteiger charge is -2.29. The van der Waals surface area contributed by atoms with Gasteiger partial charge in [-0.25, -0.2) is 12.7 Å². The van der Waals surface area contributed by atoms with Crippen LogP contribution < -0.4 is 0 Å². The van der Waals surface area contributed by atoms with E-state index in [1.54, 1.807) is 10.4 Å². The largest absolute Gasteiger partial charge is 0.213 e. The lowest BCUT2D eigenvalue weighted by molar-refractivity contribution is 0.276. The van der Waals surface area contributed by atoms with Crippen molar-refractivity contribution in [3.8, 4) is 0 Å². The van der Waals surface area contributed by atoms with Crippen LogP contribution in [0.4, 0.5) is 0 Å². The van der Waals surface area contributed by atoms with Gasteiger partial charge in [-0.1, -0.05) is 37.0 Å². The third-order valence-electron chi connectivity index (χ3n) is 3.01. The van der Waals surface area contributed by atoms with Crippen molar-refractivity contribution in [3.63, 3.8) is 0 Å². The highest BCUT2D eigenvalue weighted by Gasteiger charge is 2.23. The summed E-state index contributed by atoms with van der Waals surface area (Å²) in [6, 6.07) is 0. The summed E-state index contributed by atoms with van der Waals surface area (Å²) in [5, 5.41) is 0. The number of nitrogens with zero attached hydrogens (tertiary/aromatic N) is 1. The Labute approximate surface area is 105 Å². The van der Waals surface area contributed by atoms with Crippen LogP contribution >= 0.6 is 0 Å². The fourth-order valence-corrected chi connectivity index (χ4v) is 2.84. The van der Waals surface area contributed by atoms with Gasteiger partial charge in [-0.3, -0.25) is 0 Å². The lowest BCUT2D eigenvalue weighted by atomic mass is 9.94. The molecule has 17 heavy (non-hydrogen) atoms. The van der Waals surface area contributed by atoms with Crippen molar-refractivity contribution in [3.05, 3.63) is 37.0 Å². The van der Waals surface area contributed by atoms with Crippen LogP contribution in [0.3, 0.4) is 0 Å². The molecule has 0 bridgehead atoms. The fraction of sp³-hybridized carbons (Fsp3) is 0.538. The van der Waals surface area contributed by atoms with Crippen LogP contribution in [0.5, 0.6) is 0 Å². The Morgan fingerprint density at radius 2 is 1.88 bits per heavy atom. The summed E-state index contributed by atoms with van der Waals surface area (Å²) in [6.45, 7) is 4.93. The molecule has 0 unspecified atom stereocenters. The second-order valence-corrected chi connectivity index (χ2v) is 6.37. The second-order valence-electron chi connectivity index (χ2n) is 4.39. The first-order chi connectivity index (χ1) is 8.04. The summed E-state index contributed by atoms with van der Waals surface area (Å²) in [5.41, 5.74) is 0. The molecule has 1 fully saturated rings. The molecule has 0 amide bonds. The Balaban J connectivity index is 2.30. The minimum atomic E-state index is -2.99. The van der Waals surface area contributed by atoms with Gasteiger partial charge in [0.15, 0.2) is 0 Å². The monoisotopic (exact) mass is 255 g/mol. The van der Waals surface area contributed by atoms with E-state index in [9.17, 15) is 8.42 Å². The Kier molecular flexibility index (Phi) is 5.65. The molecule has 0 aromatic rings. The zero-order valence-electron chi connectivity index (χ0n) is 10.4. The molecule has 0 radical (unpaired) electrons. The summed E-state index contributed by atoms with van der Waals surface area (Å²) in [6.07, 6.45) is 14.0. The van der Waals surface area contributed by atoms with Gasteiger partial charge in [-0.2, -0.15) is 0 Å². The van der Waals surface area contributed by atoms with Gasteiger partial charge in [0.2, 0.25) is 10.0 Å². The number of piperidine rings is 1. The third kappa shape index (κ3) is 5.33. The van der Waals surface area contributed by atoms with Crippen molar-refractivity contribution in [2.45, 2.75) is 19.3 Å². The van der Waals surface area contributed by atoms with E-state index >= 15 is 0 Å². The molecular formula is C13H21NO2S. The summed E-state index contributed by atoms with van der Waals surface area (Å²) >= 11 is 0. The van der Waals surface area contributed by atoms with Gasteiger partial charge < -0.3 is 0 Å². The Morgan fingerprint density at radius 1 is 1.24 bits per heavy atom. The average molecular weight is 255 g/mol. The first-order valence-corrected chi connectivity index (χ1v) is 7.78. The van der Waals surface area contributed by atoms with Gasteiger partial charge in [-0.15, -0.1) is 0 Å². The van der Waals surface area contributed by atoms with Crippen LogP contribution in [-0.4, -0.2) is 32.1 Å². The zero-order chi connectivity index (χ0) is 12.7. The summed E-state index contributed by atoms with van der Waals surface area (Å²) < 4.78 is 24.2. The van der Waals surface area contributed by atoms with Crippen molar-refractivity contribution in [2.75, 3.05) is 19.3 Å². The van der Waals surface area contributed by atoms with Gasteiger partial charge in [0.1, 0.15) is 0 Å². The standard InChI is InChI=1S/C13H21NO2S/c1-3-4-5-6-7-8-13-9-11-14(12-10-13)17(2,15)16/h3-7,13H,1,8-12H2,2H3/b5-4-,7-6+.